The van der Waals surface area contributed by atoms with E-state index in [1.165, 1.54) is 0 Å². The summed E-state index contributed by atoms with van der Waals surface area (Å²) in [6.07, 6.45) is 0. The van der Waals surface area contributed by atoms with Gasteiger partial charge in [0.2, 0.25) is 0 Å². The molecule has 0 bridgehead atoms. The maximum atomic E-state index is 12.7. The lowest BCUT2D eigenvalue weighted by Gasteiger charge is -2.30. The Balaban J connectivity index is 1.50. The van der Waals surface area contributed by atoms with Crippen LogP contribution in [0.25, 0.3) is 21.8 Å². The van der Waals surface area contributed by atoms with Gasteiger partial charge in [-0.3, -0.25) is 4.79 Å². The van der Waals surface area contributed by atoms with Gasteiger partial charge >= 0.3 is 0 Å². The lowest BCUT2D eigenvalue weighted by Crippen LogP contribution is -2.38. The van der Waals surface area contributed by atoms with Crippen molar-refractivity contribution in [1.29, 1.82) is 0 Å². The molecule has 1 aliphatic rings. The average Bonchev–Trinajstić information content (AvgIpc) is 3.28. The molecule has 0 saturated heterocycles. The van der Waals surface area contributed by atoms with Crippen molar-refractivity contribution in [3.05, 3.63) is 88.8 Å². The number of benzene rings is 3. The van der Waals surface area contributed by atoms with E-state index in [2.05, 4.69) is 0 Å². The summed E-state index contributed by atoms with van der Waals surface area (Å²) in [6, 6.07) is 23.5. The van der Waals surface area contributed by atoms with Crippen molar-refractivity contribution in [3.63, 3.8) is 0 Å². The van der Waals surface area contributed by atoms with Gasteiger partial charge in [0.1, 0.15) is 10.8 Å². The third-order valence-electron chi connectivity index (χ3n) is 5.01. The Morgan fingerprint density at radius 2 is 1.80 bits per heavy atom. The SMILES string of the molecule is O=C1COc2ccc(-c3csc(-c4ccccc4)n3)cc2N1Cc1ccccc1Cl. The second-order valence-electron chi connectivity index (χ2n) is 6.95. The van der Waals surface area contributed by atoms with Gasteiger partial charge in [0.25, 0.3) is 5.91 Å². The van der Waals surface area contributed by atoms with E-state index in [1.807, 2.05) is 78.2 Å². The molecular formula is C24H17ClN2O2S. The number of aromatic nitrogens is 1. The number of hydrogen-bond donors (Lipinski definition) is 0. The highest BCUT2D eigenvalue weighted by atomic mass is 35.5. The van der Waals surface area contributed by atoms with E-state index in [1.54, 1.807) is 16.2 Å². The van der Waals surface area contributed by atoms with Gasteiger partial charge in [-0.05, 0) is 29.8 Å². The van der Waals surface area contributed by atoms with Crippen molar-refractivity contribution >= 4 is 34.5 Å². The molecule has 5 rings (SSSR count). The number of anilines is 1. The first kappa shape index (κ1) is 18.9. The monoisotopic (exact) mass is 432 g/mol. The lowest BCUT2D eigenvalue weighted by atomic mass is 10.1. The van der Waals surface area contributed by atoms with E-state index in [4.69, 9.17) is 21.3 Å². The molecule has 3 aromatic carbocycles. The molecule has 6 heteroatoms. The van der Waals surface area contributed by atoms with Gasteiger partial charge in [-0.15, -0.1) is 11.3 Å². The predicted molar refractivity (Wildman–Crippen MR) is 121 cm³/mol. The summed E-state index contributed by atoms with van der Waals surface area (Å²) >= 11 is 7.93. The number of amides is 1. The molecule has 0 saturated carbocycles. The minimum Gasteiger partial charge on any atom is -0.482 e. The third kappa shape index (κ3) is 3.58. The number of ether oxygens (including phenoxy) is 1. The van der Waals surface area contributed by atoms with Crippen LogP contribution in [0, 0.1) is 0 Å². The smallest absolute Gasteiger partial charge is 0.265 e. The van der Waals surface area contributed by atoms with Gasteiger partial charge in [-0.2, -0.15) is 0 Å². The zero-order valence-electron chi connectivity index (χ0n) is 15.9. The highest BCUT2D eigenvalue weighted by molar-refractivity contribution is 7.13. The molecule has 0 spiro atoms. The van der Waals surface area contributed by atoms with Gasteiger partial charge in [-0.1, -0.05) is 60.1 Å². The highest BCUT2D eigenvalue weighted by Gasteiger charge is 2.27. The van der Waals surface area contributed by atoms with Gasteiger partial charge < -0.3 is 9.64 Å². The summed E-state index contributed by atoms with van der Waals surface area (Å²) < 4.78 is 5.66. The standard InChI is InChI=1S/C24H17ClN2O2S/c25-19-9-5-4-8-18(19)13-27-21-12-17(10-11-22(21)29-14-23(27)28)20-15-30-24(26-20)16-6-2-1-3-7-16/h1-12,15H,13-14H2. The molecule has 0 radical (unpaired) electrons. The summed E-state index contributed by atoms with van der Waals surface area (Å²) in [7, 11) is 0. The maximum Gasteiger partial charge on any atom is 0.265 e. The van der Waals surface area contributed by atoms with E-state index in [9.17, 15) is 4.79 Å². The van der Waals surface area contributed by atoms with Crippen LogP contribution in [0.3, 0.4) is 0 Å². The van der Waals surface area contributed by atoms with E-state index < -0.39 is 0 Å². The molecule has 1 amide bonds. The average molecular weight is 433 g/mol. The van der Waals surface area contributed by atoms with E-state index >= 15 is 0 Å². The molecule has 1 aromatic heterocycles. The number of thiazole rings is 1. The van der Waals surface area contributed by atoms with Crippen molar-refractivity contribution in [1.82, 2.24) is 4.98 Å². The number of rotatable bonds is 4. The number of hydrogen-bond acceptors (Lipinski definition) is 4. The maximum absolute atomic E-state index is 12.7. The Morgan fingerprint density at radius 3 is 2.63 bits per heavy atom. The van der Waals surface area contributed by atoms with Crippen molar-refractivity contribution < 1.29 is 9.53 Å². The van der Waals surface area contributed by atoms with Crippen molar-refractivity contribution in [2.75, 3.05) is 11.5 Å². The Morgan fingerprint density at radius 1 is 1.00 bits per heavy atom. The lowest BCUT2D eigenvalue weighted by molar-refractivity contribution is -0.121. The fraction of sp³-hybridized carbons (Fsp3) is 0.0833. The van der Waals surface area contributed by atoms with Crippen LogP contribution >= 0.6 is 22.9 Å². The zero-order valence-corrected chi connectivity index (χ0v) is 17.5. The quantitative estimate of drug-likeness (QED) is 0.394. The largest absolute Gasteiger partial charge is 0.482 e. The van der Waals surface area contributed by atoms with E-state index in [0.717, 1.165) is 33.1 Å². The molecule has 2 heterocycles. The van der Waals surface area contributed by atoms with Gasteiger partial charge in [-0.25, -0.2) is 4.98 Å². The van der Waals surface area contributed by atoms with Crippen molar-refractivity contribution in [3.8, 4) is 27.6 Å². The van der Waals surface area contributed by atoms with Crippen LogP contribution in [0.2, 0.25) is 5.02 Å². The molecule has 0 unspecified atom stereocenters. The summed E-state index contributed by atoms with van der Waals surface area (Å²) in [6.45, 7) is 0.413. The second kappa shape index (κ2) is 7.94. The summed E-state index contributed by atoms with van der Waals surface area (Å²) in [5.74, 6) is 0.590. The molecular weight excluding hydrogens is 416 g/mol. The number of nitrogens with zero attached hydrogens (tertiary/aromatic N) is 2. The number of carbonyl (C=O) groups excluding carboxylic acids is 1. The van der Waals surface area contributed by atoms with Crippen LogP contribution in [0.15, 0.2) is 78.2 Å². The molecule has 1 aliphatic heterocycles. The topological polar surface area (TPSA) is 42.4 Å². The fourth-order valence-corrected chi connectivity index (χ4v) is 4.48. The summed E-state index contributed by atoms with van der Waals surface area (Å²) in [4.78, 5) is 19.2. The molecule has 0 N–H and O–H groups in total. The van der Waals surface area contributed by atoms with E-state index in [0.29, 0.717) is 17.3 Å². The summed E-state index contributed by atoms with van der Waals surface area (Å²) in [5, 5.41) is 3.64. The second-order valence-corrected chi connectivity index (χ2v) is 8.21. The minimum absolute atomic E-state index is 0.0195. The molecule has 0 aliphatic carbocycles. The Labute approximate surface area is 183 Å². The zero-order chi connectivity index (χ0) is 20.5. The Bertz CT molecular complexity index is 1220. The van der Waals surface area contributed by atoms with Crippen LogP contribution in [0.4, 0.5) is 5.69 Å². The molecule has 0 fully saturated rings. The first-order valence-corrected chi connectivity index (χ1v) is 10.8. The van der Waals surface area contributed by atoms with Crippen LogP contribution < -0.4 is 9.64 Å². The number of carbonyl (C=O) groups is 1. The van der Waals surface area contributed by atoms with Crippen LogP contribution in [-0.2, 0) is 11.3 Å². The Hall–Kier alpha value is -3.15. The van der Waals surface area contributed by atoms with E-state index in [-0.39, 0.29) is 12.5 Å². The van der Waals surface area contributed by atoms with Crippen molar-refractivity contribution in [2.24, 2.45) is 0 Å². The number of fused-ring (bicyclic) bond motifs is 1. The molecule has 148 valence electrons. The van der Waals surface area contributed by atoms with Crippen LogP contribution in [-0.4, -0.2) is 17.5 Å². The molecule has 4 nitrogen and oxygen atoms in total. The number of halogens is 1. The van der Waals surface area contributed by atoms with Gasteiger partial charge in [0.05, 0.1) is 17.9 Å². The third-order valence-corrected chi connectivity index (χ3v) is 6.27. The first-order chi connectivity index (χ1) is 14.7. The normalized spacial score (nSPS) is 13.1. The van der Waals surface area contributed by atoms with Gasteiger partial charge in [0.15, 0.2) is 6.61 Å². The molecule has 30 heavy (non-hydrogen) atoms. The highest BCUT2D eigenvalue weighted by Crippen LogP contribution is 2.38. The van der Waals surface area contributed by atoms with Crippen molar-refractivity contribution in [2.45, 2.75) is 6.54 Å². The molecule has 0 atom stereocenters. The Kier molecular flexibility index (Phi) is 4.99. The van der Waals surface area contributed by atoms with Crippen LogP contribution in [0.1, 0.15) is 5.56 Å². The van der Waals surface area contributed by atoms with Gasteiger partial charge in [0, 0.05) is 21.5 Å². The predicted octanol–water partition coefficient (Wildman–Crippen LogP) is 6.06. The summed E-state index contributed by atoms with van der Waals surface area (Å²) in [5.41, 5.74) is 4.53. The fourth-order valence-electron chi connectivity index (χ4n) is 3.45. The van der Waals surface area contributed by atoms with Crippen LogP contribution in [0.5, 0.6) is 5.75 Å². The minimum atomic E-state index is -0.0946. The first-order valence-electron chi connectivity index (χ1n) is 9.51. The molecule has 4 aromatic rings.